The van der Waals surface area contributed by atoms with Crippen molar-refractivity contribution >= 4 is 28.7 Å². The van der Waals surface area contributed by atoms with Crippen LogP contribution >= 0.6 is 0 Å². The minimum Gasteiger partial charge on any atom is -0.289 e. The van der Waals surface area contributed by atoms with E-state index in [1.165, 1.54) is 16.5 Å². The fraction of sp³-hybridized carbons (Fsp3) is 0. The van der Waals surface area contributed by atoms with E-state index in [0.717, 1.165) is 16.5 Å². The van der Waals surface area contributed by atoms with E-state index in [2.05, 4.69) is 18.2 Å². The maximum absolute atomic E-state index is 12.7. The van der Waals surface area contributed by atoms with Gasteiger partial charge in [0.1, 0.15) is 0 Å². The van der Waals surface area contributed by atoms with Crippen LogP contribution in [-0.2, 0) is 0 Å². The molecule has 1 aliphatic carbocycles. The van der Waals surface area contributed by atoms with Crippen LogP contribution in [0.3, 0.4) is 0 Å². The summed E-state index contributed by atoms with van der Waals surface area (Å²) in [6, 6.07) is 19.6. The Kier molecular flexibility index (Phi) is 2.33. The fourth-order valence-corrected chi connectivity index (χ4v) is 2.86. The van der Waals surface area contributed by atoms with E-state index in [9.17, 15) is 4.79 Å². The molecule has 0 fully saturated rings. The topological polar surface area (TPSA) is 17.1 Å². The van der Waals surface area contributed by atoms with Crippen LogP contribution in [0.2, 0.25) is 0 Å². The molecule has 0 atom stereocenters. The molecule has 0 saturated carbocycles. The zero-order chi connectivity index (χ0) is 13.5. The van der Waals surface area contributed by atoms with Crippen molar-refractivity contribution < 1.29 is 4.79 Å². The molecular formula is C19H12O. The Morgan fingerprint density at radius 1 is 0.700 bits per heavy atom. The minimum absolute atomic E-state index is 0.0844. The highest BCUT2D eigenvalue weighted by molar-refractivity contribution is 6.19. The molecule has 20 heavy (non-hydrogen) atoms. The lowest BCUT2D eigenvalue weighted by Gasteiger charge is -2.08. The highest BCUT2D eigenvalue weighted by Gasteiger charge is 2.16. The number of ketones is 1. The molecule has 1 nitrogen and oxygen atoms in total. The summed E-state index contributed by atoms with van der Waals surface area (Å²) >= 11 is 0. The van der Waals surface area contributed by atoms with Gasteiger partial charge in [0.25, 0.3) is 0 Å². The lowest BCUT2D eigenvalue weighted by atomic mass is 9.94. The number of carbonyl (C=O) groups excluding carboxylic acids is 1. The molecule has 0 N–H and O–H groups in total. The van der Waals surface area contributed by atoms with Crippen molar-refractivity contribution in [1.29, 1.82) is 0 Å². The SMILES string of the molecule is O=C(c1ccccc1)c1ccc2c3c(cccc13)C=C2. The number of rotatable bonds is 2. The summed E-state index contributed by atoms with van der Waals surface area (Å²) < 4.78 is 0. The fourth-order valence-electron chi connectivity index (χ4n) is 2.86. The number of carbonyl (C=O) groups is 1. The first-order chi connectivity index (χ1) is 9.84. The van der Waals surface area contributed by atoms with E-state index < -0.39 is 0 Å². The van der Waals surface area contributed by atoms with Crippen molar-refractivity contribution in [3.05, 3.63) is 82.9 Å². The molecule has 3 aromatic carbocycles. The third-order valence-corrected chi connectivity index (χ3v) is 3.83. The number of benzene rings is 3. The predicted molar refractivity (Wildman–Crippen MR) is 82.8 cm³/mol. The molecule has 0 spiro atoms. The van der Waals surface area contributed by atoms with Crippen LogP contribution < -0.4 is 0 Å². The van der Waals surface area contributed by atoms with Crippen LogP contribution in [0.4, 0.5) is 0 Å². The van der Waals surface area contributed by atoms with Crippen molar-refractivity contribution in [3.8, 4) is 0 Å². The maximum atomic E-state index is 12.7. The highest BCUT2D eigenvalue weighted by Crippen LogP contribution is 2.33. The Balaban J connectivity index is 1.97. The van der Waals surface area contributed by atoms with Crippen LogP contribution in [0.25, 0.3) is 22.9 Å². The molecule has 0 aromatic heterocycles. The van der Waals surface area contributed by atoms with Crippen LogP contribution in [-0.4, -0.2) is 5.78 Å². The van der Waals surface area contributed by atoms with Crippen molar-refractivity contribution in [2.24, 2.45) is 0 Å². The highest BCUT2D eigenvalue weighted by atomic mass is 16.1. The van der Waals surface area contributed by atoms with Gasteiger partial charge in [-0.2, -0.15) is 0 Å². The van der Waals surface area contributed by atoms with E-state index in [1.54, 1.807) is 0 Å². The van der Waals surface area contributed by atoms with Crippen LogP contribution in [0.1, 0.15) is 27.0 Å². The van der Waals surface area contributed by atoms with Gasteiger partial charge in [-0.05, 0) is 28.0 Å². The second-order valence-corrected chi connectivity index (χ2v) is 5.00. The van der Waals surface area contributed by atoms with Gasteiger partial charge in [0.05, 0.1) is 0 Å². The standard InChI is InChI=1S/C19H12O/c20-19(15-5-2-1-3-6-15)17-12-11-14-10-9-13-7-4-8-16(17)18(13)14/h1-12H. The largest absolute Gasteiger partial charge is 0.289 e. The first-order valence-electron chi connectivity index (χ1n) is 6.68. The zero-order valence-electron chi connectivity index (χ0n) is 10.8. The molecule has 0 bridgehead atoms. The van der Waals surface area contributed by atoms with Crippen LogP contribution in [0, 0.1) is 0 Å². The monoisotopic (exact) mass is 256 g/mol. The van der Waals surface area contributed by atoms with Gasteiger partial charge in [-0.3, -0.25) is 4.79 Å². The predicted octanol–water partition coefficient (Wildman–Crippen LogP) is 4.55. The Morgan fingerprint density at radius 3 is 2.25 bits per heavy atom. The molecule has 0 amide bonds. The van der Waals surface area contributed by atoms with Crippen molar-refractivity contribution in [3.63, 3.8) is 0 Å². The number of hydrogen-bond acceptors (Lipinski definition) is 1. The number of hydrogen-bond donors (Lipinski definition) is 0. The molecule has 0 unspecified atom stereocenters. The molecule has 4 rings (SSSR count). The second kappa shape index (κ2) is 4.17. The molecule has 0 saturated heterocycles. The summed E-state index contributed by atoms with van der Waals surface area (Å²) in [6.45, 7) is 0. The van der Waals surface area contributed by atoms with Gasteiger partial charge in [0.15, 0.2) is 5.78 Å². The molecule has 1 aliphatic rings. The molecule has 0 aliphatic heterocycles. The van der Waals surface area contributed by atoms with Crippen molar-refractivity contribution in [2.75, 3.05) is 0 Å². The van der Waals surface area contributed by atoms with Gasteiger partial charge < -0.3 is 0 Å². The summed E-state index contributed by atoms with van der Waals surface area (Å²) in [6.07, 6.45) is 4.21. The first-order valence-corrected chi connectivity index (χ1v) is 6.68. The average molecular weight is 256 g/mol. The summed E-state index contributed by atoms with van der Waals surface area (Å²) in [5.41, 5.74) is 3.90. The maximum Gasteiger partial charge on any atom is 0.193 e. The Morgan fingerprint density at radius 2 is 1.45 bits per heavy atom. The molecule has 3 aromatic rings. The van der Waals surface area contributed by atoms with E-state index >= 15 is 0 Å². The van der Waals surface area contributed by atoms with Gasteiger partial charge in [-0.25, -0.2) is 0 Å². The van der Waals surface area contributed by atoms with Gasteiger partial charge in [-0.1, -0.05) is 66.7 Å². The van der Waals surface area contributed by atoms with E-state index in [0.29, 0.717) is 0 Å². The molecular weight excluding hydrogens is 244 g/mol. The summed E-state index contributed by atoms with van der Waals surface area (Å²) in [7, 11) is 0. The molecule has 0 heterocycles. The average Bonchev–Trinajstić information content (AvgIpc) is 2.93. The van der Waals surface area contributed by atoms with Gasteiger partial charge in [0.2, 0.25) is 0 Å². The van der Waals surface area contributed by atoms with Crippen LogP contribution in [0.15, 0.2) is 60.7 Å². The Hall–Kier alpha value is -2.67. The molecule has 94 valence electrons. The molecule has 0 radical (unpaired) electrons. The van der Waals surface area contributed by atoms with Gasteiger partial charge in [-0.15, -0.1) is 0 Å². The summed E-state index contributed by atoms with van der Waals surface area (Å²) in [4.78, 5) is 12.7. The lowest BCUT2D eigenvalue weighted by molar-refractivity contribution is 0.104. The Labute approximate surface area is 117 Å². The second-order valence-electron chi connectivity index (χ2n) is 5.00. The summed E-state index contributed by atoms with van der Waals surface area (Å²) in [5.74, 6) is 0.0844. The van der Waals surface area contributed by atoms with E-state index in [1.807, 2.05) is 54.6 Å². The third kappa shape index (κ3) is 1.53. The van der Waals surface area contributed by atoms with Crippen LogP contribution in [0.5, 0.6) is 0 Å². The lowest BCUT2D eigenvalue weighted by Crippen LogP contribution is -2.02. The summed E-state index contributed by atoms with van der Waals surface area (Å²) in [5, 5.41) is 2.23. The zero-order valence-corrected chi connectivity index (χ0v) is 10.8. The first kappa shape index (κ1) is 11.2. The third-order valence-electron chi connectivity index (χ3n) is 3.83. The van der Waals surface area contributed by atoms with E-state index in [4.69, 9.17) is 0 Å². The normalized spacial score (nSPS) is 12.0. The van der Waals surface area contributed by atoms with Crippen molar-refractivity contribution in [1.82, 2.24) is 0 Å². The Bertz CT molecular complexity index is 845. The quantitative estimate of drug-likeness (QED) is 0.481. The minimum atomic E-state index is 0.0844. The van der Waals surface area contributed by atoms with Gasteiger partial charge >= 0.3 is 0 Å². The molecule has 1 heteroatoms. The van der Waals surface area contributed by atoms with Gasteiger partial charge in [0, 0.05) is 11.1 Å². The van der Waals surface area contributed by atoms with E-state index in [-0.39, 0.29) is 5.78 Å². The smallest absolute Gasteiger partial charge is 0.193 e. The van der Waals surface area contributed by atoms with Crippen molar-refractivity contribution in [2.45, 2.75) is 0 Å².